The second-order valence-corrected chi connectivity index (χ2v) is 6.91. The molecule has 3 fully saturated rings. The molecule has 0 radical (unpaired) electrons. The Morgan fingerprint density at radius 2 is 1.60 bits per heavy atom. The number of carbonyl (C=O) groups excluding carboxylic acids is 2. The molecule has 20 heavy (non-hydrogen) atoms. The summed E-state index contributed by atoms with van der Waals surface area (Å²) in [7, 11) is 2.76. The first-order valence-corrected chi connectivity index (χ1v) is 7.76. The van der Waals surface area contributed by atoms with Crippen LogP contribution in [0.15, 0.2) is 0 Å². The monoisotopic (exact) mass is 280 g/mol. The molecule has 0 unspecified atom stereocenters. The van der Waals surface area contributed by atoms with Crippen molar-refractivity contribution in [2.75, 3.05) is 14.2 Å². The number of fused-ring (bicyclic) bond motifs is 1. The van der Waals surface area contributed by atoms with Crippen LogP contribution < -0.4 is 0 Å². The SMILES string of the molecule is COC(=O)C1(C(=O)OC)C[C@]23CCCC[C@@H]2CC[C@H]1C3. The summed E-state index contributed by atoms with van der Waals surface area (Å²) in [5.41, 5.74) is -0.848. The van der Waals surface area contributed by atoms with Gasteiger partial charge in [-0.25, -0.2) is 0 Å². The van der Waals surface area contributed by atoms with Crippen molar-refractivity contribution in [1.29, 1.82) is 0 Å². The summed E-state index contributed by atoms with van der Waals surface area (Å²) < 4.78 is 10.0. The van der Waals surface area contributed by atoms with Crippen LogP contribution >= 0.6 is 0 Å². The van der Waals surface area contributed by atoms with Crippen molar-refractivity contribution in [3.63, 3.8) is 0 Å². The highest BCUT2D eigenvalue weighted by Crippen LogP contribution is 2.67. The van der Waals surface area contributed by atoms with Crippen molar-refractivity contribution >= 4 is 11.9 Å². The minimum absolute atomic E-state index is 0.108. The number of hydrogen-bond donors (Lipinski definition) is 0. The van der Waals surface area contributed by atoms with Crippen LogP contribution in [-0.4, -0.2) is 26.2 Å². The fourth-order valence-corrected chi connectivity index (χ4v) is 5.44. The molecule has 3 aliphatic rings. The van der Waals surface area contributed by atoms with Gasteiger partial charge in [0.05, 0.1) is 14.2 Å². The normalized spacial score (nSPS) is 37.9. The first-order chi connectivity index (χ1) is 9.59. The molecular weight excluding hydrogens is 256 g/mol. The summed E-state index contributed by atoms with van der Waals surface area (Å²) in [6, 6.07) is 0. The Hall–Kier alpha value is -1.06. The Bertz CT molecular complexity index is 414. The van der Waals surface area contributed by atoms with E-state index in [1.54, 1.807) is 0 Å². The molecule has 3 atom stereocenters. The molecule has 0 aromatic rings. The summed E-state index contributed by atoms with van der Waals surface area (Å²) >= 11 is 0. The van der Waals surface area contributed by atoms with E-state index >= 15 is 0 Å². The molecule has 4 nitrogen and oxygen atoms in total. The van der Waals surface area contributed by atoms with Crippen LogP contribution in [0.3, 0.4) is 0 Å². The van der Waals surface area contributed by atoms with Gasteiger partial charge in [-0.2, -0.15) is 0 Å². The molecule has 2 bridgehead atoms. The maximum absolute atomic E-state index is 12.4. The first-order valence-electron chi connectivity index (χ1n) is 7.76. The molecule has 4 heteroatoms. The third kappa shape index (κ3) is 1.66. The maximum Gasteiger partial charge on any atom is 0.323 e. The van der Waals surface area contributed by atoms with Crippen molar-refractivity contribution in [3.8, 4) is 0 Å². The molecule has 0 aromatic heterocycles. The van der Waals surface area contributed by atoms with E-state index in [0.29, 0.717) is 12.3 Å². The highest BCUT2D eigenvalue weighted by molar-refractivity contribution is 6.01. The largest absolute Gasteiger partial charge is 0.468 e. The molecule has 0 saturated heterocycles. The topological polar surface area (TPSA) is 52.6 Å². The standard InChI is InChI=1S/C16H24O4/c1-19-13(17)16(14(18)20-2)10-15-8-4-3-5-11(15)6-7-12(16)9-15/h11-12H,3-10H2,1-2H3/t11-,12+,15-/m1/s1. The summed E-state index contributed by atoms with van der Waals surface area (Å²) in [5.74, 6) is 0.0373. The van der Waals surface area contributed by atoms with Crippen molar-refractivity contribution in [1.82, 2.24) is 0 Å². The van der Waals surface area contributed by atoms with Gasteiger partial charge in [-0.3, -0.25) is 9.59 Å². The van der Waals surface area contributed by atoms with Gasteiger partial charge in [-0.15, -0.1) is 0 Å². The molecule has 3 aliphatic carbocycles. The minimum Gasteiger partial charge on any atom is -0.468 e. The van der Waals surface area contributed by atoms with Gasteiger partial charge < -0.3 is 9.47 Å². The molecule has 0 aliphatic heterocycles. The number of hydrogen-bond acceptors (Lipinski definition) is 4. The third-order valence-electron chi connectivity index (χ3n) is 6.29. The Kier molecular flexibility index (Phi) is 3.30. The molecule has 3 saturated carbocycles. The van der Waals surface area contributed by atoms with Gasteiger partial charge in [0, 0.05) is 0 Å². The van der Waals surface area contributed by atoms with Crippen LogP contribution in [0, 0.1) is 22.7 Å². The van der Waals surface area contributed by atoms with Gasteiger partial charge in [0.15, 0.2) is 5.41 Å². The van der Waals surface area contributed by atoms with E-state index in [9.17, 15) is 9.59 Å². The zero-order valence-electron chi connectivity index (χ0n) is 12.4. The smallest absolute Gasteiger partial charge is 0.323 e. The number of esters is 2. The number of carbonyl (C=O) groups is 2. The molecule has 0 heterocycles. The lowest BCUT2D eigenvalue weighted by Gasteiger charge is -2.44. The van der Waals surface area contributed by atoms with Crippen LogP contribution in [0.25, 0.3) is 0 Å². The Labute approximate surface area is 120 Å². The van der Waals surface area contributed by atoms with Gasteiger partial charge in [-0.05, 0) is 55.8 Å². The Morgan fingerprint density at radius 3 is 2.25 bits per heavy atom. The van der Waals surface area contributed by atoms with Crippen molar-refractivity contribution in [2.45, 2.75) is 51.4 Å². The maximum atomic E-state index is 12.4. The van der Waals surface area contributed by atoms with Gasteiger partial charge in [-0.1, -0.05) is 12.8 Å². The highest BCUT2D eigenvalue weighted by atomic mass is 16.5. The van der Waals surface area contributed by atoms with Crippen LogP contribution in [0.1, 0.15) is 51.4 Å². The Morgan fingerprint density at radius 1 is 0.950 bits per heavy atom. The van der Waals surface area contributed by atoms with Crippen molar-refractivity contribution < 1.29 is 19.1 Å². The second-order valence-electron chi connectivity index (χ2n) is 6.91. The molecular formula is C16H24O4. The zero-order valence-corrected chi connectivity index (χ0v) is 12.4. The zero-order chi connectivity index (χ0) is 14.4. The molecule has 0 aromatic carbocycles. The number of methoxy groups -OCH3 is 2. The van der Waals surface area contributed by atoms with Crippen LogP contribution in [-0.2, 0) is 19.1 Å². The van der Waals surface area contributed by atoms with E-state index < -0.39 is 5.41 Å². The quantitative estimate of drug-likeness (QED) is 0.576. The summed E-state index contributed by atoms with van der Waals surface area (Å²) in [4.78, 5) is 24.9. The summed E-state index contributed by atoms with van der Waals surface area (Å²) in [5, 5.41) is 0. The van der Waals surface area contributed by atoms with Crippen LogP contribution in [0.5, 0.6) is 0 Å². The third-order valence-corrected chi connectivity index (χ3v) is 6.29. The first kappa shape index (κ1) is 13.9. The van der Waals surface area contributed by atoms with Gasteiger partial charge in [0.1, 0.15) is 0 Å². The molecule has 1 spiro atoms. The van der Waals surface area contributed by atoms with Gasteiger partial charge in [0.25, 0.3) is 0 Å². The van der Waals surface area contributed by atoms with E-state index in [0.717, 1.165) is 25.7 Å². The average molecular weight is 280 g/mol. The second kappa shape index (κ2) is 4.74. The molecule has 3 rings (SSSR count). The molecule has 112 valence electrons. The molecule has 0 amide bonds. The lowest BCUT2D eigenvalue weighted by Crippen LogP contribution is -2.44. The Balaban J connectivity index is 2.01. The lowest BCUT2D eigenvalue weighted by molar-refractivity contribution is -0.172. The van der Waals surface area contributed by atoms with Gasteiger partial charge in [0.2, 0.25) is 0 Å². The number of rotatable bonds is 2. The fourth-order valence-electron chi connectivity index (χ4n) is 5.44. The van der Waals surface area contributed by atoms with E-state index in [2.05, 4.69) is 0 Å². The predicted molar refractivity (Wildman–Crippen MR) is 72.8 cm³/mol. The van der Waals surface area contributed by atoms with Crippen molar-refractivity contribution in [3.05, 3.63) is 0 Å². The fraction of sp³-hybridized carbons (Fsp3) is 0.875. The van der Waals surface area contributed by atoms with E-state index in [1.165, 1.54) is 33.5 Å². The highest BCUT2D eigenvalue weighted by Gasteiger charge is 2.67. The summed E-state index contributed by atoms with van der Waals surface area (Å²) in [6.45, 7) is 0. The van der Waals surface area contributed by atoms with Crippen LogP contribution in [0.4, 0.5) is 0 Å². The van der Waals surface area contributed by atoms with Gasteiger partial charge >= 0.3 is 11.9 Å². The summed E-state index contributed by atoms with van der Waals surface area (Å²) in [6.07, 6.45) is 8.69. The van der Waals surface area contributed by atoms with Crippen molar-refractivity contribution in [2.24, 2.45) is 22.7 Å². The average Bonchev–Trinajstić information content (AvgIpc) is 2.74. The molecule has 0 N–H and O–H groups in total. The van der Waals surface area contributed by atoms with E-state index in [1.807, 2.05) is 0 Å². The van der Waals surface area contributed by atoms with E-state index in [4.69, 9.17) is 9.47 Å². The predicted octanol–water partition coefficient (Wildman–Crippen LogP) is 2.70. The lowest BCUT2D eigenvalue weighted by atomic mass is 9.61. The number of ether oxygens (including phenoxy) is 2. The van der Waals surface area contributed by atoms with E-state index in [-0.39, 0.29) is 23.3 Å². The minimum atomic E-state index is -1.03. The van der Waals surface area contributed by atoms with Crippen LogP contribution in [0.2, 0.25) is 0 Å².